The van der Waals surface area contributed by atoms with Gasteiger partial charge in [-0.2, -0.15) is 0 Å². The van der Waals surface area contributed by atoms with Gasteiger partial charge in [-0.1, -0.05) is 19.1 Å². The number of nitrogens with zero attached hydrogens (tertiary/aromatic N) is 2. The molecule has 2 N–H and O–H groups in total. The highest BCUT2D eigenvalue weighted by Crippen LogP contribution is 2.19. The van der Waals surface area contributed by atoms with Crippen molar-refractivity contribution < 1.29 is 14.3 Å². The quantitative estimate of drug-likeness (QED) is 0.779. The molecule has 2 aromatic rings. The summed E-state index contributed by atoms with van der Waals surface area (Å²) in [6.45, 7) is 5.49. The molecule has 1 aromatic carbocycles. The molecule has 2 amide bonds. The van der Waals surface area contributed by atoms with Crippen LogP contribution in [-0.2, 0) is 16.1 Å². The lowest BCUT2D eigenvalue weighted by molar-refractivity contribution is -0.139. The van der Waals surface area contributed by atoms with Gasteiger partial charge < -0.3 is 15.4 Å². The van der Waals surface area contributed by atoms with Gasteiger partial charge in [-0.3, -0.25) is 9.36 Å². The number of carbonyl (C=O) groups is 2. The van der Waals surface area contributed by atoms with E-state index in [1.807, 2.05) is 25.1 Å². The number of amides is 2. The van der Waals surface area contributed by atoms with Gasteiger partial charge in [0.1, 0.15) is 5.69 Å². The van der Waals surface area contributed by atoms with E-state index in [-0.39, 0.29) is 18.7 Å². The van der Waals surface area contributed by atoms with Crippen molar-refractivity contribution in [3.8, 4) is 0 Å². The third-order valence-electron chi connectivity index (χ3n) is 4.48. The van der Waals surface area contributed by atoms with E-state index in [4.69, 9.17) is 4.74 Å². The van der Waals surface area contributed by atoms with Gasteiger partial charge in [-0.25, -0.2) is 14.6 Å². The van der Waals surface area contributed by atoms with E-state index in [0.29, 0.717) is 34.4 Å². The van der Waals surface area contributed by atoms with Gasteiger partial charge in [-0.05, 0) is 32.4 Å². The maximum Gasteiger partial charge on any atom is 0.337 e. The Labute approximate surface area is 156 Å². The van der Waals surface area contributed by atoms with Crippen LogP contribution in [0, 0.1) is 6.92 Å². The molecule has 2 heterocycles. The van der Waals surface area contributed by atoms with Crippen LogP contribution in [0.15, 0.2) is 40.3 Å². The number of hydrogen-bond acceptors (Lipinski definition) is 5. The number of urea groups is 1. The van der Waals surface area contributed by atoms with Crippen LogP contribution >= 0.6 is 0 Å². The zero-order valence-electron chi connectivity index (χ0n) is 15.5. The van der Waals surface area contributed by atoms with E-state index < -0.39 is 18.0 Å². The average molecular weight is 370 g/mol. The van der Waals surface area contributed by atoms with E-state index in [2.05, 4.69) is 15.6 Å². The van der Waals surface area contributed by atoms with Crippen LogP contribution < -0.4 is 16.2 Å². The molecular formula is C19H22N4O4. The van der Waals surface area contributed by atoms with E-state index in [1.165, 1.54) is 4.57 Å². The Morgan fingerprint density at radius 3 is 2.70 bits per heavy atom. The largest absolute Gasteiger partial charge is 0.463 e. The maximum absolute atomic E-state index is 12.7. The highest BCUT2D eigenvalue weighted by molar-refractivity contribution is 5.94. The highest BCUT2D eigenvalue weighted by Gasteiger charge is 2.31. The van der Waals surface area contributed by atoms with Crippen molar-refractivity contribution in [3.63, 3.8) is 0 Å². The van der Waals surface area contributed by atoms with Crippen LogP contribution in [0.5, 0.6) is 0 Å². The number of rotatable bonds is 5. The van der Waals surface area contributed by atoms with Crippen LogP contribution in [0.2, 0.25) is 0 Å². The molecule has 3 rings (SSSR count). The summed E-state index contributed by atoms with van der Waals surface area (Å²) < 4.78 is 6.69. The summed E-state index contributed by atoms with van der Waals surface area (Å²) in [7, 11) is 0. The molecule has 0 radical (unpaired) electrons. The molecule has 1 aromatic heterocycles. The molecule has 0 fully saturated rings. The first kappa shape index (κ1) is 18.6. The zero-order chi connectivity index (χ0) is 19.6. The lowest BCUT2D eigenvalue weighted by Crippen LogP contribution is -2.51. The fraction of sp³-hybridized carbons (Fsp3) is 0.368. The summed E-state index contributed by atoms with van der Waals surface area (Å²) in [6, 6.07) is 6.37. The number of para-hydroxylation sites is 2. The average Bonchev–Trinajstić information content (AvgIpc) is 2.65. The molecular weight excluding hydrogens is 348 g/mol. The Morgan fingerprint density at radius 2 is 2.00 bits per heavy atom. The number of allylic oxidation sites excluding steroid dienone is 1. The normalized spacial score (nSPS) is 16.9. The van der Waals surface area contributed by atoms with Crippen molar-refractivity contribution >= 4 is 23.0 Å². The lowest BCUT2D eigenvalue weighted by Gasteiger charge is -2.28. The number of benzene rings is 1. The van der Waals surface area contributed by atoms with Crippen LogP contribution in [0.3, 0.4) is 0 Å². The van der Waals surface area contributed by atoms with Crippen molar-refractivity contribution in [1.82, 2.24) is 20.2 Å². The summed E-state index contributed by atoms with van der Waals surface area (Å²) in [5.74, 6) is -0.505. The number of aryl methyl sites for hydroxylation is 1. The first-order valence-corrected chi connectivity index (χ1v) is 8.90. The summed E-state index contributed by atoms with van der Waals surface area (Å²) in [5.41, 5.74) is 2.07. The standard InChI is InChI=1S/C19H22N4O4/c1-4-12-16(18(25)27-5-2)14(22-19(26)21-12)10-23-15-9-7-6-8-13(15)20-11(3)17(23)24/h6-9,12H,4-5,10H2,1-3H3,(H2,21,22,26)/t12-/m1/s1. The van der Waals surface area contributed by atoms with Crippen molar-refractivity contribution in [2.45, 2.75) is 39.8 Å². The molecule has 1 aliphatic rings. The lowest BCUT2D eigenvalue weighted by atomic mass is 10.00. The van der Waals surface area contributed by atoms with Gasteiger partial charge in [0, 0.05) is 0 Å². The van der Waals surface area contributed by atoms with E-state index in [0.717, 1.165) is 0 Å². The first-order valence-electron chi connectivity index (χ1n) is 8.90. The van der Waals surface area contributed by atoms with Gasteiger partial charge in [-0.15, -0.1) is 0 Å². The van der Waals surface area contributed by atoms with Crippen LogP contribution in [0.4, 0.5) is 4.79 Å². The van der Waals surface area contributed by atoms with E-state index in [1.54, 1.807) is 19.9 Å². The topological polar surface area (TPSA) is 102 Å². The molecule has 1 aliphatic heterocycles. The number of ether oxygens (including phenoxy) is 1. The number of esters is 1. The van der Waals surface area contributed by atoms with Gasteiger partial charge in [0.05, 0.1) is 41.5 Å². The molecule has 8 heteroatoms. The number of carbonyl (C=O) groups excluding carboxylic acids is 2. The molecule has 0 aliphatic carbocycles. The molecule has 0 saturated heterocycles. The van der Waals surface area contributed by atoms with Gasteiger partial charge in [0.25, 0.3) is 5.56 Å². The smallest absolute Gasteiger partial charge is 0.337 e. The monoisotopic (exact) mass is 370 g/mol. The fourth-order valence-electron chi connectivity index (χ4n) is 3.22. The fourth-order valence-corrected chi connectivity index (χ4v) is 3.22. The summed E-state index contributed by atoms with van der Waals surface area (Å²) in [4.78, 5) is 41.6. The minimum Gasteiger partial charge on any atom is -0.463 e. The first-order chi connectivity index (χ1) is 13.0. The molecule has 0 spiro atoms. The molecule has 0 saturated carbocycles. The van der Waals surface area contributed by atoms with Crippen LogP contribution in [-0.4, -0.2) is 34.2 Å². The second kappa shape index (κ2) is 7.61. The third kappa shape index (κ3) is 3.55. The summed E-state index contributed by atoms with van der Waals surface area (Å²) in [6.07, 6.45) is 0.524. The number of hydrogen-bond donors (Lipinski definition) is 2. The Balaban J connectivity index is 2.17. The molecule has 0 unspecified atom stereocenters. The summed E-state index contributed by atoms with van der Waals surface area (Å²) >= 11 is 0. The Bertz CT molecular complexity index is 993. The van der Waals surface area contributed by atoms with E-state index >= 15 is 0 Å². The Hall–Kier alpha value is -3.16. The van der Waals surface area contributed by atoms with Crippen molar-refractivity contribution in [2.75, 3.05) is 6.61 Å². The van der Waals surface area contributed by atoms with Gasteiger partial charge in [0.2, 0.25) is 0 Å². The molecule has 1 atom stereocenters. The number of nitrogens with one attached hydrogen (secondary N) is 2. The second-order valence-corrected chi connectivity index (χ2v) is 6.25. The van der Waals surface area contributed by atoms with E-state index in [9.17, 15) is 14.4 Å². The third-order valence-corrected chi connectivity index (χ3v) is 4.48. The van der Waals surface area contributed by atoms with Gasteiger partial charge in [0.15, 0.2) is 0 Å². The molecule has 8 nitrogen and oxygen atoms in total. The number of aromatic nitrogens is 2. The predicted octanol–water partition coefficient (Wildman–Crippen LogP) is 1.61. The van der Waals surface area contributed by atoms with Crippen molar-refractivity contribution in [3.05, 3.63) is 51.6 Å². The predicted molar refractivity (Wildman–Crippen MR) is 100 cm³/mol. The second-order valence-electron chi connectivity index (χ2n) is 6.25. The maximum atomic E-state index is 12.7. The van der Waals surface area contributed by atoms with Crippen molar-refractivity contribution in [1.29, 1.82) is 0 Å². The Kier molecular flexibility index (Phi) is 5.25. The van der Waals surface area contributed by atoms with Gasteiger partial charge >= 0.3 is 12.0 Å². The summed E-state index contributed by atoms with van der Waals surface area (Å²) in [5, 5.41) is 5.40. The SMILES string of the molecule is CCOC(=O)C1=C(Cn2c(=O)c(C)nc3ccccc32)NC(=O)N[C@@H]1CC. The molecule has 0 bridgehead atoms. The van der Waals surface area contributed by atoms with Crippen LogP contribution in [0.25, 0.3) is 11.0 Å². The minimum absolute atomic E-state index is 0.0424. The Morgan fingerprint density at radius 1 is 1.26 bits per heavy atom. The molecule has 142 valence electrons. The highest BCUT2D eigenvalue weighted by atomic mass is 16.5. The number of fused-ring (bicyclic) bond motifs is 1. The molecule has 27 heavy (non-hydrogen) atoms. The van der Waals surface area contributed by atoms with Crippen molar-refractivity contribution in [2.24, 2.45) is 0 Å². The minimum atomic E-state index is -0.505. The van der Waals surface area contributed by atoms with Crippen LogP contribution in [0.1, 0.15) is 26.0 Å². The zero-order valence-corrected chi connectivity index (χ0v) is 15.5.